The Balaban J connectivity index is 3.89. The highest BCUT2D eigenvalue weighted by Crippen LogP contribution is 1.87. The van der Waals surface area contributed by atoms with E-state index in [1.807, 2.05) is 0 Å². The maximum atomic E-state index is 11.1. The molecule has 14 heavy (non-hydrogen) atoms. The summed E-state index contributed by atoms with van der Waals surface area (Å²) in [5.41, 5.74) is 0. The Bertz CT molecular complexity index is 261. The van der Waals surface area contributed by atoms with E-state index in [1.54, 1.807) is 6.92 Å². The molecule has 1 N–H and O–H groups in total. The predicted octanol–water partition coefficient (Wildman–Crippen LogP) is -0.885. The summed E-state index contributed by atoms with van der Waals surface area (Å²) in [4.78, 5) is 10.8. The normalized spacial score (nSPS) is 11.3. The quantitative estimate of drug-likeness (QED) is 0.449. The zero-order valence-corrected chi connectivity index (χ0v) is 9.09. The van der Waals surface area contributed by atoms with Crippen molar-refractivity contribution in [2.24, 2.45) is 0 Å². The van der Waals surface area contributed by atoms with Crippen LogP contribution in [-0.4, -0.2) is 47.0 Å². The summed E-state index contributed by atoms with van der Waals surface area (Å²) in [5, 5.41) is 0. The molecule has 0 atom stereocenters. The Hall–Kier alpha value is -0.660. The molecule has 0 aromatic carbocycles. The van der Waals surface area contributed by atoms with Gasteiger partial charge in [0.05, 0.1) is 13.2 Å². The standard InChI is InChI=1S/C7H15NO5S/c1-3-13-7(9)6-14(10,11)8-4-5-12-2/h8H,3-6H2,1-2H3. The van der Waals surface area contributed by atoms with Crippen LogP contribution in [0.3, 0.4) is 0 Å². The average molecular weight is 225 g/mol. The van der Waals surface area contributed by atoms with Crippen LogP contribution in [-0.2, 0) is 24.3 Å². The highest BCUT2D eigenvalue weighted by Gasteiger charge is 2.16. The highest BCUT2D eigenvalue weighted by molar-refractivity contribution is 7.90. The average Bonchev–Trinajstić information content (AvgIpc) is 2.03. The van der Waals surface area contributed by atoms with Crippen LogP contribution in [0, 0.1) is 0 Å². The van der Waals surface area contributed by atoms with E-state index in [2.05, 4.69) is 14.2 Å². The molecule has 0 saturated heterocycles. The van der Waals surface area contributed by atoms with Crippen molar-refractivity contribution in [1.82, 2.24) is 4.72 Å². The van der Waals surface area contributed by atoms with Crippen LogP contribution in [0.15, 0.2) is 0 Å². The van der Waals surface area contributed by atoms with Gasteiger partial charge in [0.15, 0.2) is 5.75 Å². The number of sulfonamides is 1. The molecule has 0 saturated carbocycles. The smallest absolute Gasteiger partial charge is 0.322 e. The zero-order valence-electron chi connectivity index (χ0n) is 8.28. The third-order valence-electron chi connectivity index (χ3n) is 1.24. The topological polar surface area (TPSA) is 81.7 Å². The fourth-order valence-electron chi connectivity index (χ4n) is 0.708. The van der Waals surface area contributed by atoms with Crippen molar-refractivity contribution in [3.8, 4) is 0 Å². The van der Waals surface area contributed by atoms with Crippen LogP contribution in [0.2, 0.25) is 0 Å². The van der Waals surface area contributed by atoms with Gasteiger partial charge in [-0.15, -0.1) is 0 Å². The first-order valence-electron chi connectivity index (χ1n) is 4.13. The Morgan fingerprint density at radius 2 is 2.07 bits per heavy atom. The van der Waals surface area contributed by atoms with E-state index in [0.29, 0.717) is 0 Å². The number of carbonyl (C=O) groups is 1. The first-order chi connectivity index (χ1) is 6.52. The Kier molecular flexibility index (Phi) is 6.43. The summed E-state index contributed by atoms with van der Waals surface area (Å²) in [6, 6.07) is 0. The number of ether oxygens (including phenoxy) is 2. The Labute approximate surface area is 83.6 Å². The monoisotopic (exact) mass is 225 g/mol. The second-order valence-electron chi connectivity index (χ2n) is 2.45. The lowest BCUT2D eigenvalue weighted by Crippen LogP contribution is -2.33. The van der Waals surface area contributed by atoms with Crippen LogP contribution in [0.25, 0.3) is 0 Å². The van der Waals surface area contributed by atoms with E-state index >= 15 is 0 Å². The lowest BCUT2D eigenvalue weighted by Gasteiger charge is -2.05. The van der Waals surface area contributed by atoms with Gasteiger partial charge in [0.1, 0.15) is 0 Å². The molecule has 0 amide bonds. The third-order valence-corrected chi connectivity index (χ3v) is 2.50. The van der Waals surface area contributed by atoms with E-state index in [0.717, 1.165) is 0 Å². The molecule has 0 bridgehead atoms. The van der Waals surface area contributed by atoms with Gasteiger partial charge in [-0.1, -0.05) is 0 Å². The largest absolute Gasteiger partial charge is 0.465 e. The number of rotatable bonds is 7. The number of esters is 1. The zero-order chi connectivity index (χ0) is 11.0. The summed E-state index contributed by atoms with van der Waals surface area (Å²) in [6.07, 6.45) is 0. The van der Waals surface area contributed by atoms with Gasteiger partial charge in [0.2, 0.25) is 10.0 Å². The van der Waals surface area contributed by atoms with Crippen LogP contribution in [0.1, 0.15) is 6.92 Å². The summed E-state index contributed by atoms with van der Waals surface area (Å²) in [5.74, 6) is -1.40. The van der Waals surface area contributed by atoms with Crippen LogP contribution in [0.5, 0.6) is 0 Å². The molecule has 0 aromatic rings. The van der Waals surface area contributed by atoms with Gasteiger partial charge < -0.3 is 9.47 Å². The molecule has 0 fully saturated rings. The summed E-state index contributed by atoms with van der Waals surface area (Å²) < 4.78 is 33.6. The van der Waals surface area contributed by atoms with Crippen LogP contribution >= 0.6 is 0 Å². The van der Waals surface area contributed by atoms with Gasteiger partial charge in [-0.05, 0) is 6.92 Å². The molecule has 6 nitrogen and oxygen atoms in total. The third kappa shape index (κ3) is 6.81. The fraction of sp³-hybridized carbons (Fsp3) is 0.857. The molecule has 0 unspecified atom stereocenters. The molecule has 0 heterocycles. The molecule has 0 aliphatic rings. The van der Waals surface area contributed by atoms with Crippen LogP contribution < -0.4 is 4.72 Å². The number of nitrogens with one attached hydrogen (secondary N) is 1. The summed E-state index contributed by atoms with van der Waals surface area (Å²) in [6.45, 7) is 2.20. The van der Waals surface area contributed by atoms with Crippen molar-refractivity contribution in [2.45, 2.75) is 6.92 Å². The van der Waals surface area contributed by atoms with Crippen molar-refractivity contribution in [2.75, 3.05) is 32.6 Å². The lowest BCUT2D eigenvalue weighted by atomic mass is 10.7. The lowest BCUT2D eigenvalue weighted by molar-refractivity contribution is -0.139. The molecule has 0 aliphatic heterocycles. The van der Waals surface area contributed by atoms with Crippen molar-refractivity contribution < 1.29 is 22.7 Å². The minimum absolute atomic E-state index is 0.151. The molecular weight excluding hydrogens is 210 g/mol. The van der Waals surface area contributed by atoms with E-state index in [9.17, 15) is 13.2 Å². The maximum absolute atomic E-state index is 11.1. The molecule has 0 radical (unpaired) electrons. The number of methoxy groups -OCH3 is 1. The first kappa shape index (κ1) is 13.3. The van der Waals surface area contributed by atoms with Crippen LogP contribution in [0.4, 0.5) is 0 Å². The molecule has 0 aromatic heterocycles. The van der Waals surface area contributed by atoms with Gasteiger partial charge in [-0.2, -0.15) is 0 Å². The number of hydrogen-bond donors (Lipinski definition) is 1. The Morgan fingerprint density at radius 1 is 1.43 bits per heavy atom. The highest BCUT2D eigenvalue weighted by atomic mass is 32.2. The van der Waals surface area contributed by atoms with Gasteiger partial charge in [0, 0.05) is 13.7 Å². The first-order valence-corrected chi connectivity index (χ1v) is 5.79. The van der Waals surface area contributed by atoms with Gasteiger partial charge in [-0.25, -0.2) is 13.1 Å². The molecule has 0 spiro atoms. The second-order valence-corrected chi connectivity index (χ2v) is 4.26. The van der Waals surface area contributed by atoms with E-state index in [-0.39, 0.29) is 19.8 Å². The fourth-order valence-corrected chi connectivity index (χ4v) is 1.60. The van der Waals surface area contributed by atoms with Crippen molar-refractivity contribution in [3.63, 3.8) is 0 Å². The molecule has 84 valence electrons. The molecular formula is C7H15NO5S. The van der Waals surface area contributed by atoms with E-state index < -0.39 is 21.7 Å². The Morgan fingerprint density at radius 3 is 2.57 bits per heavy atom. The minimum atomic E-state index is -3.58. The molecule has 0 aliphatic carbocycles. The van der Waals surface area contributed by atoms with Crippen molar-refractivity contribution in [3.05, 3.63) is 0 Å². The van der Waals surface area contributed by atoms with Crippen molar-refractivity contribution in [1.29, 1.82) is 0 Å². The number of hydrogen-bond acceptors (Lipinski definition) is 5. The predicted molar refractivity (Wildman–Crippen MR) is 50.3 cm³/mol. The number of carbonyl (C=O) groups excluding carboxylic acids is 1. The SMILES string of the molecule is CCOC(=O)CS(=O)(=O)NCCOC. The van der Waals surface area contributed by atoms with E-state index in [4.69, 9.17) is 0 Å². The summed E-state index contributed by atoms with van der Waals surface area (Å²) >= 11 is 0. The van der Waals surface area contributed by atoms with Gasteiger partial charge in [-0.3, -0.25) is 4.79 Å². The van der Waals surface area contributed by atoms with Crippen molar-refractivity contribution >= 4 is 16.0 Å². The minimum Gasteiger partial charge on any atom is -0.465 e. The van der Waals surface area contributed by atoms with Gasteiger partial charge >= 0.3 is 5.97 Å². The van der Waals surface area contributed by atoms with E-state index in [1.165, 1.54) is 7.11 Å². The second kappa shape index (κ2) is 6.74. The maximum Gasteiger partial charge on any atom is 0.322 e. The molecule has 0 rings (SSSR count). The van der Waals surface area contributed by atoms with Gasteiger partial charge in [0.25, 0.3) is 0 Å². The molecule has 7 heteroatoms. The summed E-state index contributed by atoms with van der Waals surface area (Å²) in [7, 11) is -2.12.